The second kappa shape index (κ2) is 7.91. The van der Waals surface area contributed by atoms with Gasteiger partial charge in [0.1, 0.15) is 5.82 Å². The summed E-state index contributed by atoms with van der Waals surface area (Å²) in [6, 6.07) is 12.2. The maximum absolute atomic E-state index is 14.4. The number of nitrogens with zero attached hydrogens (tertiary/aromatic N) is 1. The van der Waals surface area contributed by atoms with Crippen molar-refractivity contribution in [3.63, 3.8) is 0 Å². The SMILES string of the molecule is Cc1ccc2nc(NC(=O)COC(=O)C3(c4ccccc4F)CCCC3)sc2c1. The average molecular weight is 412 g/mol. The van der Waals surface area contributed by atoms with Crippen LogP contribution in [0.2, 0.25) is 0 Å². The fourth-order valence-electron chi connectivity index (χ4n) is 3.92. The van der Waals surface area contributed by atoms with E-state index in [1.54, 1.807) is 18.2 Å². The van der Waals surface area contributed by atoms with Crippen LogP contribution in [0.3, 0.4) is 0 Å². The van der Waals surface area contributed by atoms with Crippen molar-refractivity contribution < 1.29 is 18.7 Å². The minimum absolute atomic E-state index is 0.351. The molecule has 1 aliphatic carbocycles. The number of anilines is 1. The van der Waals surface area contributed by atoms with E-state index in [-0.39, 0.29) is 0 Å². The molecule has 0 radical (unpaired) electrons. The van der Waals surface area contributed by atoms with Crippen LogP contribution in [-0.4, -0.2) is 23.5 Å². The predicted octanol–water partition coefficient (Wildman–Crippen LogP) is 4.74. The van der Waals surface area contributed by atoms with Crippen molar-refractivity contribution in [3.8, 4) is 0 Å². The standard InChI is InChI=1S/C22H21FN2O3S/c1-14-8-9-17-18(12-14)29-21(24-17)25-19(26)13-28-20(27)22(10-4-5-11-22)15-6-2-3-7-16(15)23/h2-3,6-9,12H,4-5,10-11,13H2,1H3,(H,24,25,26). The van der Waals surface area contributed by atoms with Crippen LogP contribution in [-0.2, 0) is 19.7 Å². The molecular formula is C22H21FN2O3S. The molecule has 1 saturated carbocycles. The van der Waals surface area contributed by atoms with Gasteiger partial charge in [-0.05, 0) is 43.5 Å². The summed E-state index contributed by atoms with van der Waals surface area (Å²) in [5.74, 6) is -1.42. The number of aromatic nitrogens is 1. The molecule has 150 valence electrons. The van der Waals surface area contributed by atoms with E-state index in [1.807, 2.05) is 25.1 Å². The summed E-state index contributed by atoms with van der Waals surface area (Å²) >= 11 is 1.36. The summed E-state index contributed by atoms with van der Waals surface area (Å²) in [5.41, 5.74) is 1.25. The first-order chi connectivity index (χ1) is 14.0. The molecule has 7 heteroatoms. The topological polar surface area (TPSA) is 68.3 Å². The highest BCUT2D eigenvalue weighted by atomic mass is 32.1. The largest absolute Gasteiger partial charge is 0.455 e. The smallest absolute Gasteiger partial charge is 0.317 e. The number of rotatable bonds is 5. The van der Waals surface area contributed by atoms with Crippen molar-refractivity contribution in [2.75, 3.05) is 11.9 Å². The van der Waals surface area contributed by atoms with Gasteiger partial charge in [0.05, 0.1) is 15.6 Å². The molecule has 1 amide bonds. The molecule has 0 bridgehead atoms. The Morgan fingerprint density at radius 3 is 2.72 bits per heavy atom. The van der Waals surface area contributed by atoms with Crippen molar-refractivity contribution >= 4 is 38.6 Å². The van der Waals surface area contributed by atoms with E-state index in [0.29, 0.717) is 23.5 Å². The maximum Gasteiger partial charge on any atom is 0.317 e. The van der Waals surface area contributed by atoms with Crippen LogP contribution < -0.4 is 5.32 Å². The van der Waals surface area contributed by atoms with E-state index in [2.05, 4.69) is 10.3 Å². The van der Waals surface area contributed by atoms with Gasteiger partial charge in [0, 0.05) is 5.56 Å². The minimum Gasteiger partial charge on any atom is -0.455 e. The van der Waals surface area contributed by atoms with Crippen LogP contribution in [0.15, 0.2) is 42.5 Å². The molecule has 4 rings (SSSR count). The monoisotopic (exact) mass is 412 g/mol. The fraction of sp³-hybridized carbons (Fsp3) is 0.318. The van der Waals surface area contributed by atoms with Gasteiger partial charge in [0.25, 0.3) is 5.91 Å². The molecule has 2 aromatic carbocycles. The number of fused-ring (bicyclic) bond motifs is 1. The molecule has 1 N–H and O–H groups in total. The Bertz CT molecular complexity index is 1070. The van der Waals surface area contributed by atoms with Gasteiger partial charge in [0.2, 0.25) is 0 Å². The Kier molecular flexibility index (Phi) is 5.32. The van der Waals surface area contributed by atoms with Gasteiger partial charge in [-0.3, -0.25) is 14.9 Å². The number of hydrogen-bond donors (Lipinski definition) is 1. The summed E-state index contributed by atoms with van der Waals surface area (Å²) in [6.45, 7) is 1.56. The van der Waals surface area contributed by atoms with Gasteiger partial charge in [-0.1, -0.05) is 48.4 Å². The number of aryl methyl sites for hydroxylation is 1. The summed E-state index contributed by atoms with van der Waals surface area (Å²) in [7, 11) is 0. The van der Waals surface area contributed by atoms with Crippen molar-refractivity contribution in [1.82, 2.24) is 4.98 Å². The zero-order valence-corrected chi connectivity index (χ0v) is 16.9. The van der Waals surface area contributed by atoms with E-state index in [0.717, 1.165) is 28.6 Å². The second-order valence-corrected chi connectivity index (χ2v) is 8.41. The summed E-state index contributed by atoms with van der Waals surface area (Å²) in [5, 5.41) is 3.13. The Morgan fingerprint density at radius 2 is 1.97 bits per heavy atom. The second-order valence-electron chi connectivity index (χ2n) is 7.38. The summed E-state index contributed by atoms with van der Waals surface area (Å²) in [4.78, 5) is 29.5. The lowest BCUT2D eigenvalue weighted by Gasteiger charge is -2.27. The van der Waals surface area contributed by atoms with Crippen LogP contribution in [0, 0.1) is 12.7 Å². The first-order valence-corrected chi connectivity index (χ1v) is 10.4. The minimum atomic E-state index is -1.01. The van der Waals surface area contributed by atoms with Crippen LogP contribution in [0.4, 0.5) is 9.52 Å². The van der Waals surface area contributed by atoms with Gasteiger partial charge in [0.15, 0.2) is 11.7 Å². The molecule has 5 nitrogen and oxygen atoms in total. The van der Waals surface area contributed by atoms with Crippen LogP contribution >= 0.6 is 11.3 Å². The summed E-state index contributed by atoms with van der Waals surface area (Å²) in [6.07, 6.45) is 2.68. The van der Waals surface area contributed by atoms with Crippen molar-refractivity contribution in [3.05, 3.63) is 59.4 Å². The molecule has 0 unspecified atom stereocenters. The number of thiazole rings is 1. The van der Waals surface area contributed by atoms with E-state index in [4.69, 9.17) is 4.74 Å². The van der Waals surface area contributed by atoms with Crippen molar-refractivity contribution in [2.45, 2.75) is 38.0 Å². The highest BCUT2D eigenvalue weighted by Gasteiger charge is 2.45. The maximum atomic E-state index is 14.4. The molecule has 1 aliphatic rings. The third-order valence-electron chi connectivity index (χ3n) is 5.36. The van der Waals surface area contributed by atoms with Crippen LogP contribution in [0.5, 0.6) is 0 Å². The van der Waals surface area contributed by atoms with E-state index >= 15 is 0 Å². The van der Waals surface area contributed by atoms with Gasteiger partial charge in [-0.25, -0.2) is 9.37 Å². The molecule has 0 atom stereocenters. The number of ether oxygens (including phenoxy) is 1. The number of carbonyl (C=O) groups is 2. The quantitative estimate of drug-likeness (QED) is 0.615. The van der Waals surface area contributed by atoms with E-state index < -0.39 is 29.7 Å². The average Bonchev–Trinajstić information content (AvgIpc) is 3.33. The third kappa shape index (κ3) is 3.87. The number of esters is 1. The number of benzene rings is 2. The van der Waals surface area contributed by atoms with Gasteiger partial charge >= 0.3 is 5.97 Å². The first kappa shape index (κ1) is 19.5. The fourth-order valence-corrected chi connectivity index (χ4v) is 4.90. The summed E-state index contributed by atoms with van der Waals surface area (Å²) < 4.78 is 20.7. The molecule has 1 fully saturated rings. The normalized spacial score (nSPS) is 15.4. The number of nitrogens with one attached hydrogen (secondary N) is 1. The number of carbonyl (C=O) groups excluding carboxylic acids is 2. The Hall–Kier alpha value is -2.80. The molecule has 3 aromatic rings. The van der Waals surface area contributed by atoms with Crippen LogP contribution in [0.25, 0.3) is 10.2 Å². The predicted molar refractivity (Wildman–Crippen MR) is 110 cm³/mol. The van der Waals surface area contributed by atoms with E-state index in [1.165, 1.54) is 17.4 Å². The first-order valence-electron chi connectivity index (χ1n) is 9.57. The highest BCUT2D eigenvalue weighted by Crippen LogP contribution is 2.43. The lowest BCUT2D eigenvalue weighted by molar-refractivity contribution is -0.153. The molecule has 29 heavy (non-hydrogen) atoms. The lowest BCUT2D eigenvalue weighted by Crippen LogP contribution is -2.37. The third-order valence-corrected chi connectivity index (χ3v) is 6.30. The molecule has 0 aliphatic heterocycles. The lowest BCUT2D eigenvalue weighted by atomic mass is 9.78. The van der Waals surface area contributed by atoms with E-state index in [9.17, 15) is 14.0 Å². The molecule has 1 aromatic heterocycles. The molecule has 0 saturated heterocycles. The number of hydrogen-bond acceptors (Lipinski definition) is 5. The van der Waals surface area contributed by atoms with Gasteiger partial charge in [-0.2, -0.15) is 0 Å². The van der Waals surface area contributed by atoms with Gasteiger partial charge < -0.3 is 4.74 Å². The van der Waals surface area contributed by atoms with Gasteiger partial charge in [-0.15, -0.1) is 0 Å². The van der Waals surface area contributed by atoms with Crippen molar-refractivity contribution in [2.24, 2.45) is 0 Å². The molecule has 1 heterocycles. The Balaban J connectivity index is 1.43. The zero-order chi connectivity index (χ0) is 20.4. The Morgan fingerprint density at radius 1 is 1.21 bits per heavy atom. The van der Waals surface area contributed by atoms with Crippen LogP contribution in [0.1, 0.15) is 36.8 Å². The number of halogens is 1. The zero-order valence-electron chi connectivity index (χ0n) is 16.0. The number of amides is 1. The van der Waals surface area contributed by atoms with Crippen molar-refractivity contribution in [1.29, 1.82) is 0 Å². The Labute approximate surface area is 171 Å². The molecular weight excluding hydrogens is 391 g/mol. The highest BCUT2D eigenvalue weighted by molar-refractivity contribution is 7.22. The molecule has 0 spiro atoms.